The molecule has 1 amide bonds. The minimum atomic E-state index is -0.306. The first-order valence-corrected chi connectivity index (χ1v) is 12.2. The van der Waals surface area contributed by atoms with Gasteiger partial charge in [-0.15, -0.1) is 10.2 Å². The molecule has 2 aromatic heterocycles. The van der Waals surface area contributed by atoms with Crippen LogP contribution in [0.1, 0.15) is 28.7 Å². The minimum absolute atomic E-state index is 0.204. The molecule has 5 aromatic rings. The van der Waals surface area contributed by atoms with Crippen molar-refractivity contribution in [3.8, 4) is 10.6 Å². The van der Waals surface area contributed by atoms with Crippen molar-refractivity contribution < 1.29 is 4.79 Å². The molecule has 10 heteroatoms. The van der Waals surface area contributed by atoms with Crippen LogP contribution in [0, 0.1) is 6.92 Å². The predicted molar refractivity (Wildman–Crippen MR) is 141 cm³/mol. The van der Waals surface area contributed by atoms with Crippen LogP contribution in [0.3, 0.4) is 0 Å². The lowest BCUT2D eigenvalue weighted by molar-refractivity contribution is 0.0979. The zero-order chi connectivity index (χ0) is 23.8. The van der Waals surface area contributed by atoms with Crippen molar-refractivity contribution in [1.82, 2.24) is 25.1 Å². The predicted octanol–water partition coefficient (Wildman–Crippen LogP) is 5.66. The number of aromatic nitrogens is 4. The molecule has 0 saturated carbocycles. The van der Waals surface area contributed by atoms with E-state index in [9.17, 15) is 4.79 Å². The summed E-state index contributed by atoms with van der Waals surface area (Å²) < 4.78 is 1.77. The molecule has 5 rings (SSSR count). The summed E-state index contributed by atoms with van der Waals surface area (Å²) in [4.78, 5) is 13.7. The molecule has 0 unspecified atom stereocenters. The molecule has 7 nitrogen and oxygen atoms in total. The van der Waals surface area contributed by atoms with Crippen LogP contribution in [0.5, 0.6) is 0 Å². The molecule has 2 N–H and O–H groups in total. The maximum absolute atomic E-state index is 13.0. The van der Waals surface area contributed by atoms with Gasteiger partial charge < -0.3 is 5.32 Å². The normalized spacial score (nSPS) is 11.1. The van der Waals surface area contributed by atoms with Crippen LogP contribution in [-0.2, 0) is 6.42 Å². The number of fused-ring (bicyclic) bond motifs is 2. The molecule has 170 valence electrons. The standard InChI is InChI=1S/C24H19ClN6OS2/c1-3-20-28-29-24-31(20)30-22(34-24)14-11-10-13(2)19(12-14)26-23(33)27-21(32)17-8-4-7-16-15(17)6-5-9-18(16)25/h4-12H,3H2,1-2H3,(H2,26,27,32,33). The van der Waals surface area contributed by atoms with Crippen LogP contribution in [0.25, 0.3) is 26.3 Å². The first-order chi connectivity index (χ1) is 16.4. The van der Waals surface area contributed by atoms with Gasteiger partial charge in [0, 0.05) is 33.6 Å². The third-order valence-corrected chi connectivity index (χ3v) is 6.93. The Morgan fingerprint density at radius 3 is 2.74 bits per heavy atom. The number of nitrogens with one attached hydrogen (secondary N) is 2. The summed E-state index contributed by atoms with van der Waals surface area (Å²) in [6.45, 7) is 3.99. The highest BCUT2D eigenvalue weighted by Crippen LogP contribution is 2.29. The van der Waals surface area contributed by atoms with Gasteiger partial charge in [0.1, 0.15) is 5.01 Å². The number of amides is 1. The topological polar surface area (TPSA) is 84.2 Å². The monoisotopic (exact) mass is 506 g/mol. The molecule has 34 heavy (non-hydrogen) atoms. The van der Waals surface area contributed by atoms with Gasteiger partial charge in [-0.1, -0.05) is 66.3 Å². The number of hydrogen-bond donors (Lipinski definition) is 2. The molecular weight excluding hydrogens is 488 g/mol. The fraction of sp³-hybridized carbons (Fsp3) is 0.125. The maximum Gasteiger partial charge on any atom is 0.258 e. The number of rotatable bonds is 4. The second-order valence-corrected chi connectivity index (χ2v) is 9.42. The molecule has 0 aliphatic heterocycles. The summed E-state index contributed by atoms with van der Waals surface area (Å²) >= 11 is 13.2. The molecule has 0 aliphatic rings. The summed E-state index contributed by atoms with van der Waals surface area (Å²) in [5.41, 5.74) is 3.18. The molecule has 0 fully saturated rings. The molecule has 2 heterocycles. The highest BCUT2D eigenvalue weighted by Gasteiger charge is 2.15. The van der Waals surface area contributed by atoms with Crippen LogP contribution in [0.2, 0.25) is 5.02 Å². The number of carbonyl (C=O) groups excluding carboxylic acids is 1. The van der Waals surface area contributed by atoms with Crippen molar-refractivity contribution in [2.45, 2.75) is 20.3 Å². The molecule has 3 aromatic carbocycles. The van der Waals surface area contributed by atoms with Crippen LogP contribution in [0.4, 0.5) is 5.69 Å². The van der Waals surface area contributed by atoms with E-state index in [-0.39, 0.29) is 11.0 Å². The van der Waals surface area contributed by atoms with Gasteiger partial charge in [0.25, 0.3) is 5.91 Å². The van der Waals surface area contributed by atoms with E-state index in [4.69, 9.17) is 23.8 Å². The van der Waals surface area contributed by atoms with Gasteiger partial charge in [-0.3, -0.25) is 10.1 Å². The molecule has 0 radical (unpaired) electrons. The smallest absolute Gasteiger partial charge is 0.258 e. The third-order valence-electron chi connectivity index (χ3n) is 5.44. The van der Waals surface area contributed by atoms with Gasteiger partial charge in [-0.05, 0) is 48.3 Å². The molecular formula is C24H19ClN6OS2. The fourth-order valence-corrected chi connectivity index (χ4v) is 4.97. The van der Waals surface area contributed by atoms with Gasteiger partial charge in [0.2, 0.25) is 4.96 Å². The van der Waals surface area contributed by atoms with E-state index in [1.54, 1.807) is 22.7 Å². The SMILES string of the molecule is CCc1nnc2sc(-c3ccc(C)c(NC(=S)NC(=O)c4cccc5c(Cl)cccc45)c3)nn12. The maximum atomic E-state index is 13.0. The first-order valence-electron chi connectivity index (χ1n) is 10.6. The van der Waals surface area contributed by atoms with Crippen molar-refractivity contribution >= 4 is 67.6 Å². The minimum Gasteiger partial charge on any atom is -0.332 e. The Balaban J connectivity index is 1.37. The highest BCUT2D eigenvalue weighted by atomic mass is 35.5. The Morgan fingerprint density at radius 2 is 1.91 bits per heavy atom. The average Bonchev–Trinajstić information content (AvgIpc) is 3.41. The number of hydrogen-bond acceptors (Lipinski definition) is 6. The first kappa shape index (κ1) is 22.4. The van der Waals surface area contributed by atoms with E-state index < -0.39 is 0 Å². The Kier molecular flexibility index (Phi) is 5.99. The number of carbonyl (C=O) groups is 1. The Labute approximate surface area is 209 Å². The van der Waals surface area contributed by atoms with Gasteiger partial charge in [0.05, 0.1) is 0 Å². The fourth-order valence-electron chi connectivity index (χ4n) is 3.68. The second kappa shape index (κ2) is 9.09. The molecule has 0 saturated heterocycles. The number of aryl methyl sites for hydroxylation is 2. The van der Waals surface area contributed by atoms with Crippen molar-refractivity contribution in [3.63, 3.8) is 0 Å². The lowest BCUT2D eigenvalue weighted by atomic mass is 10.0. The van der Waals surface area contributed by atoms with E-state index in [1.165, 1.54) is 11.3 Å². The van der Waals surface area contributed by atoms with Crippen molar-refractivity contribution in [2.75, 3.05) is 5.32 Å². The Bertz CT molecular complexity index is 1570. The number of thiocarbonyl (C=S) groups is 1. The van der Waals surface area contributed by atoms with Crippen LogP contribution in [-0.4, -0.2) is 30.8 Å². The Morgan fingerprint density at radius 1 is 1.12 bits per heavy atom. The van der Waals surface area contributed by atoms with E-state index in [2.05, 4.69) is 25.9 Å². The van der Waals surface area contributed by atoms with Crippen LogP contribution in [0.15, 0.2) is 54.6 Å². The number of anilines is 1. The van der Waals surface area contributed by atoms with Gasteiger partial charge in [0.15, 0.2) is 10.9 Å². The van der Waals surface area contributed by atoms with E-state index in [0.29, 0.717) is 10.6 Å². The van der Waals surface area contributed by atoms with Crippen molar-refractivity contribution in [2.24, 2.45) is 0 Å². The zero-order valence-corrected chi connectivity index (χ0v) is 20.7. The number of halogens is 1. The summed E-state index contributed by atoms with van der Waals surface area (Å²) in [6, 6.07) is 16.9. The third kappa shape index (κ3) is 4.13. The summed E-state index contributed by atoms with van der Waals surface area (Å²) in [7, 11) is 0. The summed E-state index contributed by atoms with van der Waals surface area (Å²) in [5.74, 6) is 0.515. The van der Waals surface area contributed by atoms with E-state index in [0.717, 1.165) is 49.8 Å². The van der Waals surface area contributed by atoms with Crippen molar-refractivity contribution in [3.05, 3.63) is 76.6 Å². The second-order valence-electron chi connectivity index (χ2n) is 7.65. The van der Waals surface area contributed by atoms with Crippen molar-refractivity contribution in [1.29, 1.82) is 0 Å². The van der Waals surface area contributed by atoms with Crippen LogP contribution < -0.4 is 10.6 Å². The number of benzene rings is 3. The summed E-state index contributed by atoms with van der Waals surface area (Å²) in [6.07, 6.45) is 0.752. The molecule has 0 bridgehead atoms. The van der Waals surface area contributed by atoms with E-state index >= 15 is 0 Å². The number of nitrogens with zero attached hydrogens (tertiary/aromatic N) is 4. The van der Waals surface area contributed by atoms with Gasteiger partial charge >= 0.3 is 0 Å². The highest BCUT2D eigenvalue weighted by molar-refractivity contribution is 7.80. The molecule has 0 atom stereocenters. The molecule has 0 aliphatic carbocycles. The lowest BCUT2D eigenvalue weighted by Crippen LogP contribution is -2.34. The van der Waals surface area contributed by atoms with E-state index in [1.807, 2.05) is 50.2 Å². The van der Waals surface area contributed by atoms with Crippen LogP contribution >= 0.6 is 35.2 Å². The quantitative estimate of drug-likeness (QED) is 0.306. The molecule has 0 spiro atoms. The van der Waals surface area contributed by atoms with Gasteiger partial charge in [-0.25, -0.2) is 0 Å². The summed E-state index contributed by atoms with van der Waals surface area (Å²) in [5, 5.41) is 22.1. The average molecular weight is 507 g/mol. The largest absolute Gasteiger partial charge is 0.332 e. The Hall–Kier alpha value is -3.40. The lowest BCUT2D eigenvalue weighted by Gasteiger charge is -2.13. The zero-order valence-electron chi connectivity index (χ0n) is 18.3. The van der Waals surface area contributed by atoms with Gasteiger partial charge in [-0.2, -0.15) is 9.61 Å².